The summed E-state index contributed by atoms with van der Waals surface area (Å²) in [6.07, 6.45) is 0.554. The quantitative estimate of drug-likeness (QED) is 0.789. The second-order valence-electron chi connectivity index (χ2n) is 4.51. The third-order valence-electron chi connectivity index (χ3n) is 2.66. The predicted octanol–water partition coefficient (Wildman–Crippen LogP) is 3.24. The van der Waals surface area contributed by atoms with Crippen molar-refractivity contribution in [2.75, 3.05) is 0 Å². The number of hydrogen-bond donors (Lipinski definition) is 0. The van der Waals surface area contributed by atoms with Crippen LogP contribution in [0.3, 0.4) is 0 Å². The molecule has 1 aliphatic heterocycles. The van der Waals surface area contributed by atoms with Crippen molar-refractivity contribution >= 4 is 11.6 Å². The van der Waals surface area contributed by atoms with E-state index in [2.05, 4.69) is 6.92 Å². The molecule has 2 nitrogen and oxygen atoms in total. The van der Waals surface area contributed by atoms with Crippen molar-refractivity contribution < 1.29 is 9.47 Å². The monoisotopic (exact) mass is 239 g/mol. The molecule has 1 aromatic rings. The summed E-state index contributed by atoms with van der Waals surface area (Å²) in [5, 5.41) is 0.767. The summed E-state index contributed by atoms with van der Waals surface area (Å²) < 4.78 is 11.4. The van der Waals surface area contributed by atoms with Crippen LogP contribution in [0.15, 0.2) is 24.3 Å². The standard InChI is InChI=1S/C13H16ClO2/c1-9-12(16-13(2,3)15-9)8-10-6-4-5-7-11(10)14/h4-7,9,12H,1,8H2,2-3H3. The molecule has 1 saturated heterocycles. The summed E-state index contributed by atoms with van der Waals surface area (Å²) in [4.78, 5) is 0. The fourth-order valence-corrected chi connectivity index (χ4v) is 2.18. The maximum absolute atomic E-state index is 6.10. The number of hydrogen-bond acceptors (Lipinski definition) is 2. The van der Waals surface area contributed by atoms with Crippen LogP contribution in [0.5, 0.6) is 0 Å². The Bertz CT molecular complexity index is 376. The molecule has 0 saturated carbocycles. The van der Waals surface area contributed by atoms with E-state index < -0.39 is 5.79 Å². The maximum atomic E-state index is 6.10. The Morgan fingerprint density at radius 2 is 2.00 bits per heavy atom. The Balaban J connectivity index is 2.09. The third kappa shape index (κ3) is 2.57. The van der Waals surface area contributed by atoms with Crippen LogP contribution in [-0.4, -0.2) is 18.0 Å². The van der Waals surface area contributed by atoms with Crippen molar-refractivity contribution in [2.45, 2.75) is 38.3 Å². The SMILES string of the molecule is [CH2]C1OC(C)(C)OC1Cc1ccccc1Cl. The van der Waals surface area contributed by atoms with Crippen LogP contribution >= 0.6 is 11.6 Å². The van der Waals surface area contributed by atoms with Gasteiger partial charge in [-0.25, -0.2) is 0 Å². The molecule has 0 amide bonds. The van der Waals surface area contributed by atoms with Crippen molar-refractivity contribution in [3.63, 3.8) is 0 Å². The van der Waals surface area contributed by atoms with Gasteiger partial charge in [-0.3, -0.25) is 0 Å². The lowest BCUT2D eigenvalue weighted by Gasteiger charge is -2.17. The summed E-state index contributed by atoms with van der Waals surface area (Å²) >= 11 is 6.10. The van der Waals surface area contributed by atoms with E-state index in [-0.39, 0.29) is 12.2 Å². The fourth-order valence-electron chi connectivity index (χ4n) is 1.96. The van der Waals surface area contributed by atoms with Gasteiger partial charge >= 0.3 is 0 Å². The largest absolute Gasteiger partial charge is 0.345 e. The predicted molar refractivity (Wildman–Crippen MR) is 64.3 cm³/mol. The van der Waals surface area contributed by atoms with E-state index in [1.54, 1.807) is 0 Å². The van der Waals surface area contributed by atoms with Crippen LogP contribution in [0.25, 0.3) is 0 Å². The van der Waals surface area contributed by atoms with Crippen LogP contribution in [0.2, 0.25) is 5.02 Å². The van der Waals surface area contributed by atoms with Gasteiger partial charge in [0.2, 0.25) is 0 Å². The molecule has 1 aliphatic rings. The number of ether oxygens (including phenoxy) is 2. The van der Waals surface area contributed by atoms with Crippen molar-refractivity contribution in [1.29, 1.82) is 0 Å². The summed E-state index contributed by atoms with van der Waals surface area (Å²) in [5.41, 5.74) is 1.07. The molecule has 2 unspecified atom stereocenters. The van der Waals surface area contributed by atoms with Crippen LogP contribution in [-0.2, 0) is 15.9 Å². The molecule has 0 spiro atoms. The fraction of sp³-hybridized carbons (Fsp3) is 0.462. The van der Waals surface area contributed by atoms with E-state index in [9.17, 15) is 0 Å². The molecule has 1 radical (unpaired) electrons. The smallest absolute Gasteiger partial charge is 0.163 e. The molecule has 1 fully saturated rings. The van der Waals surface area contributed by atoms with Crippen molar-refractivity contribution in [3.05, 3.63) is 41.8 Å². The van der Waals surface area contributed by atoms with Crippen molar-refractivity contribution in [2.24, 2.45) is 0 Å². The van der Waals surface area contributed by atoms with Crippen LogP contribution < -0.4 is 0 Å². The number of halogens is 1. The molecule has 2 rings (SSSR count). The highest BCUT2D eigenvalue weighted by Gasteiger charge is 2.38. The molecule has 1 aromatic carbocycles. The minimum Gasteiger partial charge on any atom is -0.345 e. The molecule has 3 heteroatoms. The molecule has 0 N–H and O–H groups in total. The molecule has 0 aliphatic carbocycles. The van der Waals surface area contributed by atoms with Gasteiger partial charge in [0.25, 0.3) is 0 Å². The van der Waals surface area contributed by atoms with Gasteiger partial charge in [-0.15, -0.1) is 0 Å². The Morgan fingerprint density at radius 1 is 1.31 bits per heavy atom. The summed E-state index contributed by atoms with van der Waals surface area (Å²) in [6, 6.07) is 7.78. The molecule has 2 atom stereocenters. The molecular weight excluding hydrogens is 224 g/mol. The minimum atomic E-state index is -0.543. The van der Waals surface area contributed by atoms with Crippen LogP contribution in [0, 0.1) is 6.92 Å². The average molecular weight is 240 g/mol. The van der Waals surface area contributed by atoms with Gasteiger partial charge in [-0.1, -0.05) is 29.8 Å². The topological polar surface area (TPSA) is 18.5 Å². The second-order valence-corrected chi connectivity index (χ2v) is 4.92. The maximum Gasteiger partial charge on any atom is 0.163 e. The molecular formula is C13H16ClO2. The Morgan fingerprint density at radius 3 is 2.56 bits per heavy atom. The van der Waals surface area contributed by atoms with Crippen molar-refractivity contribution in [3.8, 4) is 0 Å². The normalized spacial score (nSPS) is 28.2. The number of benzene rings is 1. The van der Waals surface area contributed by atoms with Crippen molar-refractivity contribution in [1.82, 2.24) is 0 Å². The van der Waals surface area contributed by atoms with E-state index in [0.29, 0.717) is 0 Å². The van der Waals surface area contributed by atoms with E-state index in [0.717, 1.165) is 17.0 Å². The first-order valence-corrected chi connectivity index (χ1v) is 5.78. The van der Waals surface area contributed by atoms with E-state index in [1.165, 1.54) is 0 Å². The molecule has 87 valence electrons. The van der Waals surface area contributed by atoms with Gasteiger partial charge in [0, 0.05) is 11.4 Å². The van der Waals surface area contributed by atoms with Gasteiger partial charge in [-0.05, 0) is 32.4 Å². The van der Waals surface area contributed by atoms with Gasteiger partial charge in [0.05, 0.1) is 12.2 Å². The highest BCUT2D eigenvalue weighted by molar-refractivity contribution is 6.31. The Labute approximate surface area is 102 Å². The molecule has 1 heterocycles. The van der Waals surface area contributed by atoms with Crippen LogP contribution in [0.4, 0.5) is 0 Å². The summed E-state index contributed by atoms with van der Waals surface area (Å²) in [6.45, 7) is 7.75. The number of rotatable bonds is 2. The highest BCUT2D eigenvalue weighted by atomic mass is 35.5. The second kappa shape index (κ2) is 4.36. The van der Waals surface area contributed by atoms with E-state index in [4.69, 9.17) is 21.1 Å². The third-order valence-corrected chi connectivity index (χ3v) is 3.03. The first kappa shape index (κ1) is 11.9. The zero-order valence-electron chi connectivity index (χ0n) is 9.57. The Hall–Kier alpha value is -0.570. The van der Waals surface area contributed by atoms with Gasteiger partial charge in [0.15, 0.2) is 5.79 Å². The lowest BCUT2D eigenvalue weighted by atomic mass is 10.0. The Kier molecular flexibility index (Phi) is 3.24. The van der Waals surface area contributed by atoms with Gasteiger partial charge in [-0.2, -0.15) is 0 Å². The first-order valence-electron chi connectivity index (χ1n) is 5.40. The lowest BCUT2D eigenvalue weighted by Crippen LogP contribution is -2.23. The lowest BCUT2D eigenvalue weighted by molar-refractivity contribution is -0.142. The van der Waals surface area contributed by atoms with Gasteiger partial charge in [0.1, 0.15) is 0 Å². The average Bonchev–Trinajstić information content (AvgIpc) is 2.44. The molecule has 0 aromatic heterocycles. The summed E-state index contributed by atoms with van der Waals surface area (Å²) in [7, 11) is 0. The molecule has 16 heavy (non-hydrogen) atoms. The zero-order chi connectivity index (χ0) is 11.8. The van der Waals surface area contributed by atoms with Crippen LogP contribution in [0.1, 0.15) is 19.4 Å². The highest BCUT2D eigenvalue weighted by Crippen LogP contribution is 2.30. The summed E-state index contributed by atoms with van der Waals surface area (Å²) in [5.74, 6) is -0.543. The first-order chi connectivity index (χ1) is 7.48. The van der Waals surface area contributed by atoms with Gasteiger partial charge < -0.3 is 9.47 Å². The zero-order valence-corrected chi connectivity index (χ0v) is 10.3. The van der Waals surface area contributed by atoms with E-state index >= 15 is 0 Å². The minimum absolute atomic E-state index is 0.0325. The molecule has 0 bridgehead atoms. The van der Waals surface area contributed by atoms with E-state index in [1.807, 2.05) is 38.1 Å².